The zero-order chi connectivity index (χ0) is 24.6. The number of aromatic nitrogens is 3. The molecule has 1 amide bonds. The highest BCUT2D eigenvalue weighted by atomic mass is 79.9. The maximum atomic E-state index is 12.5. The van der Waals surface area contributed by atoms with E-state index in [9.17, 15) is 4.79 Å². The summed E-state index contributed by atoms with van der Waals surface area (Å²) >= 11 is 4.70. The molecule has 1 aromatic heterocycles. The van der Waals surface area contributed by atoms with Gasteiger partial charge in [0.1, 0.15) is 11.5 Å². The summed E-state index contributed by atoms with van der Waals surface area (Å²) in [7, 11) is 3.21. The summed E-state index contributed by atoms with van der Waals surface area (Å²) in [6, 6.07) is 22.9. The number of para-hydroxylation sites is 1. The molecule has 1 heterocycles. The number of ether oxygens (including phenoxy) is 2. The van der Waals surface area contributed by atoms with E-state index in [-0.39, 0.29) is 11.7 Å². The summed E-state index contributed by atoms with van der Waals surface area (Å²) in [5.74, 6) is 1.92. The molecule has 0 saturated carbocycles. The monoisotopic (exact) mass is 551 g/mol. The van der Waals surface area contributed by atoms with Crippen molar-refractivity contribution in [3.8, 4) is 28.6 Å². The summed E-state index contributed by atoms with van der Waals surface area (Å²) in [5, 5.41) is 13.4. The number of methoxy groups -OCH3 is 2. The number of hydrogen-bond acceptors (Lipinski definition) is 7. The summed E-state index contributed by atoms with van der Waals surface area (Å²) in [5.41, 5.74) is 5.06. The van der Waals surface area contributed by atoms with Gasteiger partial charge in [0.15, 0.2) is 11.0 Å². The molecule has 0 saturated heterocycles. The number of benzene rings is 3. The molecule has 0 aliphatic heterocycles. The number of nitrogens with one attached hydrogen (secondary N) is 1. The highest BCUT2D eigenvalue weighted by Gasteiger charge is 2.17. The highest BCUT2D eigenvalue weighted by molar-refractivity contribution is 9.10. The van der Waals surface area contributed by atoms with Gasteiger partial charge < -0.3 is 9.47 Å². The van der Waals surface area contributed by atoms with E-state index >= 15 is 0 Å². The Kier molecular flexibility index (Phi) is 8.17. The lowest BCUT2D eigenvalue weighted by molar-refractivity contribution is -0.118. The molecule has 0 unspecified atom stereocenters. The van der Waals surface area contributed by atoms with Gasteiger partial charge in [-0.2, -0.15) is 5.10 Å². The van der Waals surface area contributed by atoms with Crippen molar-refractivity contribution in [1.82, 2.24) is 20.2 Å². The quantitative estimate of drug-likeness (QED) is 0.180. The second-order valence-electron chi connectivity index (χ2n) is 7.17. The topological polar surface area (TPSA) is 90.6 Å². The van der Waals surface area contributed by atoms with Gasteiger partial charge in [-0.05, 0) is 54.6 Å². The van der Waals surface area contributed by atoms with Gasteiger partial charge >= 0.3 is 0 Å². The molecule has 4 rings (SSSR count). The first kappa shape index (κ1) is 24.5. The number of amides is 1. The standard InChI is InChI=1S/C25H22BrN5O3S/c1-33-21-11-8-17(9-12-21)24-29-30-25(31(24)20-6-4-3-5-7-20)35-16-23(32)28-27-15-18-14-19(26)10-13-22(18)34-2/h3-15H,16H2,1-2H3,(H,28,32). The molecule has 35 heavy (non-hydrogen) atoms. The fourth-order valence-corrected chi connectivity index (χ4v) is 4.37. The van der Waals surface area contributed by atoms with Crippen molar-refractivity contribution < 1.29 is 14.3 Å². The van der Waals surface area contributed by atoms with E-state index in [0.29, 0.717) is 16.7 Å². The van der Waals surface area contributed by atoms with Gasteiger partial charge in [0.05, 0.1) is 26.2 Å². The lowest BCUT2D eigenvalue weighted by atomic mass is 10.2. The molecule has 10 heteroatoms. The third-order valence-electron chi connectivity index (χ3n) is 4.91. The average molecular weight is 552 g/mol. The van der Waals surface area contributed by atoms with Crippen LogP contribution in [-0.4, -0.2) is 46.9 Å². The Morgan fingerprint density at radius 2 is 1.83 bits per heavy atom. The molecular weight excluding hydrogens is 530 g/mol. The minimum Gasteiger partial charge on any atom is -0.497 e. The molecule has 1 N–H and O–H groups in total. The van der Waals surface area contributed by atoms with Gasteiger partial charge in [-0.15, -0.1) is 10.2 Å². The maximum absolute atomic E-state index is 12.5. The van der Waals surface area contributed by atoms with Crippen molar-refractivity contribution >= 4 is 39.8 Å². The number of rotatable bonds is 9. The third kappa shape index (κ3) is 6.09. The molecule has 0 radical (unpaired) electrons. The normalized spacial score (nSPS) is 10.9. The molecule has 0 fully saturated rings. The van der Waals surface area contributed by atoms with E-state index in [1.165, 1.54) is 11.8 Å². The molecule has 178 valence electrons. The van der Waals surface area contributed by atoms with Crippen LogP contribution < -0.4 is 14.9 Å². The van der Waals surface area contributed by atoms with Gasteiger partial charge in [0, 0.05) is 21.3 Å². The second-order valence-corrected chi connectivity index (χ2v) is 9.03. The summed E-state index contributed by atoms with van der Waals surface area (Å²) < 4.78 is 13.4. The molecule has 4 aromatic rings. The van der Waals surface area contributed by atoms with E-state index in [2.05, 4.69) is 36.7 Å². The molecule has 8 nitrogen and oxygen atoms in total. The minimum absolute atomic E-state index is 0.112. The largest absolute Gasteiger partial charge is 0.497 e. The molecule has 0 aliphatic carbocycles. The van der Waals surface area contributed by atoms with Crippen LogP contribution in [0.5, 0.6) is 11.5 Å². The third-order valence-corrected chi connectivity index (χ3v) is 6.34. The Balaban J connectivity index is 1.49. The average Bonchev–Trinajstić information content (AvgIpc) is 3.32. The van der Waals surface area contributed by atoms with Crippen LogP contribution in [0.15, 0.2) is 87.5 Å². The van der Waals surface area contributed by atoms with Crippen molar-refractivity contribution in [2.24, 2.45) is 5.10 Å². The highest BCUT2D eigenvalue weighted by Crippen LogP contribution is 2.29. The van der Waals surface area contributed by atoms with Gasteiger partial charge in [-0.1, -0.05) is 45.9 Å². The van der Waals surface area contributed by atoms with Gasteiger partial charge in [-0.3, -0.25) is 9.36 Å². The van der Waals surface area contributed by atoms with Crippen molar-refractivity contribution in [3.63, 3.8) is 0 Å². The molecule has 0 spiro atoms. The minimum atomic E-state index is -0.270. The van der Waals surface area contributed by atoms with E-state index in [0.717, 1.165) is 27.0 Å². The number of hydrazone groups is 1. The first-order valence-corrected chi connectivity index (χ1v) is 12.3. The number of halogens is 1. The Morgan fingerprint density at radius 3 is 2.54 bits per heavy atom. The van der Waals surface area contributed by atoms with Crippen LogP contribution in [-0.2, 0) is 4.79 Å². The van der Waals surface area contributed by atoms with Crippen LogP contribution in [0.25, 0.3) is 17.1 Å². The summed E-state index contributed by atoms with van der Waals surface area (Å²) in [4.78, 5) is 12.5. The molecule has 0 atom stereocenters. The Bertz CT molecular complexity index is 1330. The zero-order valence-electron chi connectivity index (χ0n) is 19.0. The van der Waals surface area contributed by atoms with Crippen molar-refractivity contribution in [3.05, 3.63) is 82.8 Å². The van der Waals surface area contributed by atoms with Crippen LogP contribution >= 0.6 is 27.7 Å². The Morgan fingerprint density at radius 1 is 1.06 bits per heavy atom. The first-order valence-electron chi connectivity index (χ1n) is 10.5. The van der Waals surface area contributed by atoms with Gasteiger partial charge in [0.2, 0.25) is 0 Å². The predicted octanol–water partition coefficient (Wildman–Crippen LogP) is 4.96. The van der Waals surface area contributed by atoms with Crippen LogP contribution in [0.2, 0.25) is 0 Å². The van der Waals surface area contributed by atoms with E-state index < -0.39 is 0 Å². The van der Waals surface area contributed by atoms with Crippen molar-refractivity contribution in [2.45, 2.75) is 5.16 Å². The lowest BCUT2D eigenvalue weighted by Crippen LogP contribution is -2.20. The first-order chi connectivity index (χ1) is 17.1. The SMILES string of the molecule is COc1ccc(-c2nnc(SCC(=O)NN=Cc3cc(Br)ccc3OC)n2-c2ccccc2)cc1. The van der Waals surface area contributed by atoms with Crippen molar-refractivity contribution in [2.75, 3.05) is 20.0 Å². The summed E-state index contributed by atoms with van der Waals surface area (Å²) in [6.45, 7) is 0. The number of thioether (sulfide) groups is 1. The molecule has 3 aromatic carbocycles. The van der Waals surface area contributed by atoms with E-state index in [1.807, 2.05) is 77.4 Å². The van der Waals surface area contributed by atoms with Crippen molar-refractivity contribution in [1.29, 1.82) is 0 Å². The fraction of sp³-hybridized carbons (Fsp3) is 0.120. The fourth-order valence-electron chi connectivity index (χ4n) is 3.24. The van der Waals surface area contributed by atoms with Crippen LogP contribution in [0.1, 0.15) is 5.56 Å². The lowest BCUT2D eigenvalue weighted by Gasteiger charge is -2.10. The molecule has 0 aliphatic rings. The second kappa shape index (κ2) is 11.7. The van der Waals surface area contributed by atoms with Crippen LogP contribution in [0.3, 0.4) is 0 Å². The van der Waals surface area contributed by atoms with E-state index in [1.54, 1.807) is 20.4 Å². The smallest absolute Gasteiger partial charge is 0.250 e. The predicted molar refractivity (Wildman–Crippen MR) is 141 cm³/mol. The molecule has 0 bridgehead atoms. The van der Waals surface area contributed by atoms with Gasteiger partial charge in [-0.25, -0.2) is 5.43 Å². The van der Waals surface area contributed by atoms with Crippen LogP contribution in [0.4, 0.5) is 0 Å². The van der Waals surface area contributed by atoms with Crippen LogP contribution in [0, 0.1) is 0 Å². The van der Waals surface area contributed by atoms with E-state index in [4.69, 9.17) is 9.47 Å². The maximum Gasteiger partial charge on any atom is 0.250 e. The molecular formula is C25H22BrN5O3S. The van der Waals surface area contributed by atoms with Gasteiger partial charge in [0.25, 0.3) is 5.91 Å². The summed E-state index contributed by atoms with van der Waals surface area (Å²) in [6.07, 6.45) is 1.54. The Hall–Kier alpha value is -3.63. The number of carbonyl (C=O) groups excluding carboxylic acids is 1. The Labute approximate surface area is 215 Å². The number of nitrogens with zero attached hydrogens (tertiary/aromatic N) is 4. The zero-order valence-corrected chi connectivity index (χ0v) is 21.4. The number of hydrogen-bond donors (Lipinski definition) is 1. The number of carbonyl (C=O) groups is 1.